The molecule has 98 valence electrons. The van der Waals surface area contributed by atoms with Crippen LogP contribution in [0, 0.1) is 12.8 Å². The van der Waals surface area contributed by atoms with Gasteiger partial charge in [-0.3, -0.25) is 0 Å². The van der Waals surface area contributed by atoms with E-state index >= 15 is 0 Å². The quantitative estimate of drug-likeness (QED) is 0.848. The lowest BCUT2D eigenvalue weighted by molar-refractivity contribution is 0.226. The molecule has 2 N–H and O–H groups in total. The number of nitrogens with one attached hydrogen (secondary N) is 1. The summed E-state index contributed by atoms with van der Waals surface area (Å²) < 4.78 is 0. The molecule has 0 fully saturated rings. The van der Waals surface area contributed by atoms with Crippen molar-refractivity contribution in [3.63, 3.8) is 0 Å². The van der Waals surface area contributed by atoms with E-state index in [0.717, 1.165) is 16.0 Å². The monoisotopic (exact) mass is 285 g/mol. The number of thiophene rings is 1. The predicted molar refractivity (Wildman–Crippen MR) is 76.5 cm³/mol. The summed E-state index contributed by atoms with van der Waals surface area (Å²) in [5.74, 6) is 0.885. The van der Waals surface area contributed by atoms with Gasteiger partial charge in [-0.2, -0.15) is 0 Å². The molecule has 2 atom stereocenters. The van der Waals surface area contributed by atoms with Crippen LogP contribution in [0.2, 0.25) is 5.28 Å². The van der Waals surface area contributed by atoms with E-state index in [-0.39, 0.29) is 23.9 Å². The van der Waals surface area contributed by atoms with Crippen molar-refractivity contribution in [2.75, 3.05) is 11.9 Å². The zero-order chi connectivity index (χ0) is 13.3. The molecule has 2 aromatic heterocycles. The molecule has 2 rings (SSSR count). The summed E-state index contributed by atoms with van der Waals surface area (Å²) in [6.45, 7) is 6.17. The second-order valence-corrected chi connectivity index (χ2v) is 6.08. The number of aromatic nitrogens is 2. The number of hydrogen-bond acceptors (Lipinski definition) is 5. The average Bonchev–Trinajstić information content (AvgIpc) is 2.68. The second kappa shape index (κ2) is 5.38. The Morgan fingerprint density at radius 2 is 2.17 bits per heavy atom. The van der Waals surface area contributed by atoms with E-state index in [2.05, 4.69) is 21.4 Å². The fourth-order valence-electron chi connectivity index (χ4n) is 1.64. The van der Waals surface area contributed by atoms with Crippen LogP contribution in [0.5, 0.6) is 0 Å². The molecule has 0 spiro atoms. The minimum Gasteiger partial charge on any atom is -0.396 e. The van der Waals surface area contributed by atoms with Gasteiger partial charge >= 0.3 is 0 Å². The van der Waals surface area contributed by atoms with E-state index < -0.39 is 0 Å². The van der Waals surface area contributed by atoms with Crippen LogP contribution in [-0.4, -0.2) is 27.7 Å². The van der Waals surface area contributed by atoms with E-state index in [1.54, 1.807) is 11.3 Å². The highest BCUT2D eigenvalue weighted by atomic mass is 35.5. The first-order valence-electron chi connectivity index (χ1n) is 5.82. The Morgan fingerprint density at radius 3 is 2.83 bits per heavy atom. The van der Waals surface area contributed by atoms with Crippen molar-refractivity contribution in [2.45, 2.75) is 26.8 Å². The molecule has 0 radical (unpaired) electrons. The number of rotatable bonds is 4. The minimum atomic E-state index is 0.115. The number of aliphatic hydroxyl groups excluding tert-OH is 1. The molecular formula is C12H16ClN3OS. The lowest BCUT2D eigenvalue weighted by Crippen LogP contribution is -2.26. The van der Waals surface area contributed by atoms with Gasteiger partial charge in [0.2, 0.25) is 5.28 Å². The molecule has 0 aromatic carbocycles. The number of fused-ring (bicyclic) bond motifs is 1. The van der Waals surface area contributed by atoms with Gasteiger partial charge in [0.25, 0.3) is 0 Å². The zero-order valence-electron chi connectivity index (χ0n) is 10.6. The van der Waals surface area contributed by atoms with Crippen LogP contribution in [0.4, 0.5) is 5.82 Å². The average molecular weight is 286 g/mol. The highest BCUT2D eigenvalue weighted by Gasteiger charge is 2.15. The Kier molecular flexibility index (Phi) is 4.04. The van der Waals surface area contributed by atoms with E-state index in [1.807, 2.05) is 20.8 Å². The molecule has 0 bridgehead atoms. The maximum atomic E-state index is 9.16. The Morgan fingerprint density at radius 1 is 1.44 bits per heavy atom. The molecular weight excluding hydrogens is 270 g/mol. The number of hydrogen-bond donors (Lipinski definition) is 2. The molecule has 2 unspecified atom stereocenters. The molecule has 6 heteroatoms. The van der Waals surface area contributed by atoms with Gasteiger partial charge in [0.15, 0.2) is 0 Å². The van der Waals surface area contributed by atoms with Gasteiger partial charge in [0.1, 0.15) is 10.6 Å². The van der Waals surface area contributed by atoms with Crippen LogP contribution in [0.15, 0.2) is 6.07 Å². The van der Waals surface area contributed by atoms with Gasteiger partial charge < -0.3 is 10.4 Å². The van der Waals surface area contributed by atoms with Gasteiger partial charge in [-0.05, 0) is 37.4 Å². The van der Waals surface area contributed by atoms with Gasteiger partial charge in [-0.25, -0.2) is 9.97 Å². The number of anilines is 1. The van der Waals surface area contributed by atoms with Crippen molar-refractivity contribution < 1.29 is 5.11 Å². The summed E-state index contributed by atoms with van der Waals surface area (Å²) in [6.07, 6.45) is 0. The van der Waals surface area contributed by atoms with Gasteiger partial charge in [-0.15, -0.1) is 11.3 Å². The smallest absolute Gasteiger partial charge is 0.225 e. The summed E-state index contributed by atoms with van der Waals surface area (Å²) in [4.78, 5) is 10.5. The molecule has 0 amide bonds. The first-order chi connectivity index (χ1) is 8.51. The molecule has 0 aliphatic heterocycles. The predicted octanol–water partition coefficient (Wildman–Crippen LogP) is 3.08. The van der Waals surface area contributed by atoms with Crippen molar-refractivity contribution in [1.29, 1.82) is 0 Å². The zero-order valence-corrected chi connectivity index (χ0v) is 12.1. The highest BCUT2D eigenvalue weighted by molar-refractivity contribution is 7.18. The number of aliphatic hydroxyl groups is 1. The van der Waals surface area contributed by atoms with Crippen LogP contribution >= 0.6 is 22.9 Å². The van der Waals surface area contributed by atoms with E-state index in [1.165, 1.54) is 4.88 Å². The Labute approximate surface area is 115 Å². The largest absolute Gasteiger partial charge is 0.396 e. The third-order valence-electron chi connectivity index (χ3n) is 2.99. The van der Waals surface area contributed by atoms with E-state index in [4.69, 9.17) is 16.7 Å². The summed E-state index contributed by atoms with van der Waals surface area (Å²) in [7, 11) is 0. The van der Waals surface area contributed by atoms with Crippen molar-refractivity contribution >= 4 is 39.0 Å². The van der Waals surface area contributed by atoms with Gasteiger partial charge in [-0.1, -0.05) is 6.92 Å². The Balaban J connectivity index is 2.37. The fraction of sp³-hybridized carbons (Fsp3) is 0.500. The normalized spacial score (nSPS) is 14.7. The molecule has 0 aliphatic rings. The first-order valence-corrected chi connectivity index (χ1v) is 7.01. The van der Waals surface area contributed by atoms with Crippen LogP contribution in [-0.2, 0) is 0 Å². The SMILES string of the molecule is Cc1cc2c(NC(C)C(C)CO)nc(Cl)nc2s1. The first kappa shape index (κ1) is 13.5. The van der Waals surface area contributed by atoms with Gasteiger partial charge in [0.05, 0.1) is 5.39 Å². The number of aryl methyl sites for hydroxylation is 1. The van der Waals surface area contributed by atoms with Crippen LogP contribution in [0.3, 0.4) is 0 Å². The minimum absolute atomic E-state index is 0.115. The summed E-state index contributed by atoms with van der Waals surface area (Å²) in [5.41, 5.74) is 0. The van der Waals surface area contributed by atoms with E-state index in [9.17, 15) is 0 Å². The van der Waals surface area contributed by atoms with Crippen LogP contribution in [0.1, 0.15) is 18.7 Å². The van der Waals surface area contributed by atoms with Crippen molar-refractivity contribution in [3.05, 3.63) is 16.2 Å². The molecule has 2 aromatic rings. The maximum absolute atomic E-state index is 9.16. The molecule has 18 heavy (non-hydrogen) atoms. The summed E-state index contributed by atoms with van der Waals surface area (Å²) >= 11 is 7.52. The molecule has 0 saturated heterocycles. The topological polar surface area (TPSA) is 58.0 Å². The van der Waals surface area contributed by atoms with Crippen molar-refractivity contribution in [1.82, 2.24) is 9.97 Å². The number of halogens is 1. The van der Waals surface area contributed by atoms with Gasteiger partial charge in [0, 0.05) is 17.5 Å². The van der Waals surface area contributed by atoms with E-state index in [0.29, 0.717) is 0 Å². The van der Waals surface area contributed by atoms with Crippen molar-refractivity contribution in [3.8, 4) is 0 Å². The molecule has 2 heterocycles. The summed E-state index contributed by atoms with van der Waals surface area (Å²) in [5, 5.41) is 13.7. The maximum Gasteiger partial charge on any atom is 0.225 e. The second-order valence-electron chi connectivity index (χ2n) is 4.51. The lowest BCUT2D eigenvalue weighted by atomic mass is 10.1. The third-order valence-corrected chi connectivity index (χ3v) is 4.11. The number of nitrogens with zero attached hydrogens (tertiary/aromatic N) is 2. The lowest BCUT2D eigenvalue weighted by Gasteiger charge is -2.20. The molecule has 0 aliphatic carbocycles. The fourth-order valence-corrected chi connectivity index (χ4v) is 2.74. The molecule has 4 nitrogen and oxygen atoms in total. The molecule has 0 saturated carbocycles. The Bertz CT molecular complexity index is 557. The summed E-state index contributed by atoms with van der Waals surface area (Å²) in [6, 6.07) is 2.17. The standard InChI is InChI=1S/C12H16ClN3OS/c1-6(5-17)8(3)14-10-9-4-7(2)18-11(9)16-12(13)15-10/h4,6,8,17H,5H2,1-3H3,(H,14,15,16). The Hall–Kier alpha value is -0.910. The highest BCUT2D eigenvalue weighted by Crippen LogP contribution is 2.30. The van der Waals surface area contributed by atoms with Crippen molar-refractivity contribution in [2.24, 2.45) is 5.92 Å². The third kappa shape index (κ3) is 2.74. The van der Waals surface area contributed by atoms with Crippen LogP contribution in [0.25, 0.3) is 10.2 Å². The van der Waals surface area contributed by atoms with Crippen LogP contribution < -0.4 is 5.32 Å².